The molecule has 1 aromatic carbocycles. The first-order valence-electron chi connectivity index (χ1n) is 6.35. The molecular formula is C13H13N3O5S. The predicted molar refractivity (Wildman–Crippen MR) is 76.5 cm³/mol. The van der Waals surface area contributed by atoms with Crippen molar-refractivity contribution in [2.45, 2.75) is 5.16 Å². The Morgan fingerprint density at radius 2 is 2.14 bits per heavy atom. The summed E-state index contributed by atoms with van der Waals surface area (Å²) in [5.74, 6) is -0.253. The van der Waals surface area contributed by atoms with Gasteiger partial charge in [0, 0.05) is 31.2 Å². The fourth-order valence-corrected chi connectivity index (χ4v) is 3.33. The fourth-order valence-electron chi connectivity index (χ4n) is 2.06. The third-order valence-corrected chi connectivity index (χ3v) is 4.62. The van der Waals surface area contributed by atoms with Gasteiger partial charge < -0.3 is 19.4 Å². The highest BCUT2D eigenvalue weighted by Gasteiger charge is 2.24. The molecule has 1 aliphatic heterocycles. The van der Waals surface area contributed by atoms with Crippen LogP contribution in [0.25, 0.3) is 0 Å². The second-order valence-corrected chi connectivity index (χ2v) is 6.58. The molecule has 8 nitrogen and oxygen atoms in total. The van der Waals surface area contributed by atoms with E-state index in [-0.39, 0.29) is 11.9 Å². The van der Waals surface area contributed by atoms with E-state index in [0.717, 1.165) is 0 Å². The number of hydrogen-bond donors (Lipinski definition) is 1. The Balaban J connectivity index is 1.72. The molecule has 0 saturated heterocycles. The minimum Gasteiger partial charge on any atom is -0.454 e. The summed E-state index contributed by atoms with van der Waals surface area (Å²) in [5, 5.41) is 2.37. The van der Waals surface area contributed by atoms with E-state index in [2.05, 4.69) is 10.3 Å². The van der Waals surface area contributed by atoms with Gasteiger partial charge in [0.25, 0.3) is 0 Å². The van der Waals surface area contributed by atoms with Crippen molar-refractivity contribution in [3.63, 3.8) is 0 Å². The summed E-state index contributed by atoms with van der Waals surface area (Å²) in [4.78, 5) is 15.7. The number of nitrogens with zero attached hydrogens (tertiary/aromatic N) is 2. The largest absolute Gasteiger partial charge is 0.454 e. The zero-order valence-corrected chi connectivity index (χ0v) is 12.5. The maximum absolute atomic E-state index is 12.1. The number of hydrogen-bond acceptors (Lipinski definition) is 6. The van der Waals surface area contributed by atoms with Crippen LogP contribution in [0.5, 0.6) is 11.5 Å². The summed E-state index contributed by atoms with van der Waals surface area (Å²) >= 11 is 0. The van der Waals surface area contributed by atoms with Crippen LogP contribution >= 0.6 is 0 Å². The number of sulfone groups is 1. The lowest BCUT2D eigenvalue weighted by Gasteiger charge is -2.07. The van der Waals surface area contributed by atoms with Crippen molar-refractivity contribution in [1.82, 2.24) is 9.55 Å². The summed E-state index contributed by atoms with van der Waals surface area (Å²) in [6.45, 7) is 0.125. The van der Waals surface area contributed by atoms with Crippen molar-refractivity contribution in [3.8, 4) is 11.5 Å². The molecule has 2 aromatic rings. The molecule has 0 fully saturated rings. The number of fused-ring (bicyclic) bond motifs is 1. The smallest absolute Gasteiger partial charge is 0.240 e. The van der Waals surface area contributed by atoms with Gasteiger partial charge in [-0.25, -0.2) is 13.4 Å². The van der Waals surface area contributed by atoms with Crippen LogP contribution in [0.4, 0.5) is 5.69 Å². The third-order valence-electron chi connectivity index (χ3n) is 3.03. The van der Waals surface area contributed by atoms with Crippen molar-refractivity contribution < 1.29 is 22.7 Å². The molecule has 0 atom stereocenters. The Labute approximate surface area is 126 Å². The van der Waals surface area contributed by atoms with Gasteiger partial charge in [-0.3, -0.25) is 4.79 Å². The number of rotatable bonds is 4. The summed E-state index contributed by atoms with van der Waals surface area (Å²) in [7, 11) is -2.24. The minimum atomic E-state index is -3.79. The van der Waals surface area contributed by atoms with Crippen LogP contribution < -0.4 is 14.8 Å². The van der Waals surface area contributed by atoms with Crippen LogP contribution in [0.3, 0.4) is 0 Å². The van der Waals surface area contributed by atoms with Gasteiger partial charge >= 0.3 is 0 Å². The van der Waals surface area contributed by atoms with Gasteiger partial charge in [0.15, 0.2) is 11.5 Å². The number of anilines is 1. The molecule has 0 spiro atoms. The number of amides is 1. The van der Waals surface area contributed by atoms with E-state index in [1.54, 1.807) is 25.2 Å². The molecule has 0 radical (unpaired) electrons. The Hall–Kier alpha value is -2.55. The van der Waals surface area contributed by atoms with Crippen molar-refractivity contribution >= 4 is 21.4 Å². The summed E-state index contributed by atoms with van der Waals surface area (Å²) in [6, 6.07) is 4.83. The molecule has 0 bridgehead atoms. The van der Waals surface area contributed by atoms with E-state index in [0.29, 0.717) is 17.2 Å². The number of aryl methyl sites for hydroxylation is 1. The van der Waals surface area contributed by atoms with Crippen molar-refractivity contribution in [3.05, 3.63) is 30.6 Å². The van der Waals surface area contributed by atoms with Crippen LogP contribution in [0, 0.1) is 0 Å². The molecule has 1 aromatic heterocycles. The first kappa shape index (κ1) is 14.4. The molecule has 0 unspecified atom stereocenters. The zero-order chi connectivity index (χ0) is 15.7. The van der Waals surface area contributed by atoms with E-state index in [1.807, 2.05) is 0 Å². The standard InChI is InChI=1S/C13H13N3O5S/c1-16-5-4-14-13(16)22(18,19)7-12(17)15-9-2-3-10-11(6-9)21-8-20-10/h2-6H,7-8H2,1H3,(H,15,17). The molecular weight excluding hydrogens is 310 g/mol. The molecule has 3 rings (SSSR count). The van der Waals surface area contributed by atoms with Gasteiger partial charge in [0.05, 0.1) is 0 Å². The average Bonchev–Trinajstić information content (AvgIpc) is 3.05. The van der Waals surface area contributed by atoms with Gasteiger partial charge in [-0.1, -0.05) is 0 Å². The van der Waals surface area contributed by atoms with Crippen molar-refractivity contribution in [2.24, 2.45) is 7.05 Å². The van der Waals surface area contributed by atoms with Crippen LogP contribution in [0.1, 0.15) is 0 Å². The summed E-state index contributed by atoms with van der Waals surface area (Å²) in [5.41, 5.74) is 0.435. The maximum atomic E-state index is 12.1. The molecule has 0 aliphatic carbocycles. The summed E-state index contributed by atoms with van der Waals surface area (Å²) in [6.07, 6.45) is 2.87. The second-order valence-electron chi connectivity index (χ2n) is 4.70. The van der Waals surface area contributed by atoms with Crippen molar-refractivity contribution in [1.29, 1.82) is 0 Å². The maximum Gasteiger partial charge on any atom is 0.240 e. The van der Waals surface area contributed by atoms with Gasteiger partial charge in [0.1, 0.15) is 5.75 Å². The monoisotopic (exact) mass is 323 g/mol. The van der Waals surface area contributed by atoms with Crippen LogP contribution in [0.15, 0.2) is 35.7 Å². The zero-order valence-electron chi connectivity index (χ0n) is 11.6. The molecule has 9 heteroatoms. The predicted octanol–water partition coefficient (Wildman–Crippen LogP) is 0.561. The van der Waals surface area contributed by atoms with Gasteiger partial charge in [-0.05, 0) is 12.1 Å². The minimum absolute atomic E-state index is 0.125. The molecule has 2 heterocycles. The van der Waals surface area contributed by atoms with E-state index in [4.69, 9.17) is 9.47 Å². The SMILES string of the molecule is Cn1ccnc1S(=O)(=O)CC(=O)Nc1ccc2c(c1)OCO2. The first-order chi connectivity index (χ1) is 10.5. The van der Waals surface area contributed by atoms with E-state index in [1.165, 1.54) is 17.0 Å². The number of benzene rings is 1. The van der Waals surface area contributed by atoms with Crippen LogP contribution in [-0.4, -0.2) is 36.4 Å². The van der Waals surface area contributed by atoms with Crippen molar-refractivity contribution in [2.75, 3.05) is 17.9 Å². The first-order valence-corrected chi connectivity index (χ1v) is 8.00. The average molecular weight is 323 g/mol. The molecule has 22 heavy (non-hydrogen) atoms. The molecule has 1 aliphatic rings. The van der Waals surface area contributed by atoms with Gasteiger partial charge in [-0.2, -0.15) is 0 Å². The number of imidazole rings is 1. The second kappa shape index (κ2) is 5.34. The molecule has 1 N–H and O–H groups in total. The topological polar surface area (TPSA) is 99.5 Å². The highest BCUT2D eigenvalue weighted by Crippen LogP contribution is 2.34. The van der Waals surface area contributed by atoms with Crippen LogP contribution in [-0.2, 0) is 21.7 Å². The molecule has 116 valence electrons. The highest BCUT2D eigenvalue weighted by atomic mass is 32.2. The van der Waals surface area contributed by atoms with E-state index >= 15 is 0 Å². The third kappa shape index (κ3) is 2.75. The lowest BCUT2D eigenvalue weighted by molar-refractivity contribution is -0.113. The number of aromatic nitrogens is 2. The number of ether oxygens (including phenoxy) is 2. The Bertz CT molecular complexity index is 828. The normalized spacial score (nSPS) is 13.1. The molecule has 0 saturated carbocycles. The quantitative estimate of drug-likeness (QED) is 0.882. The number of carbonyl (C=O) groups is 1. The Morgan fingerprint density at radius 3 is 2.86 bits per heavy atom. The van der Waals surface area contributed by atoms with Gasteiger partial charge in [-0.15, -0.1) is 0 Å². The number of nitrogens with one attached hydrogen (secondary N) is 1. The highest BCUT2D eigenvalue weighted by molar-refractivity contribution is 7.92. The Kier molecular flexibility index (Phi) is 3.49. The molecule has 1 amide bonds. The van der Waals surface area contributed by atoms with E-state index in [9.17, 15) is 13.2 Å². The Morgan fingerprint density at radius 1 is 1.36 bits per heavy atom. The summed E-state index contributed by atoms with van der Waals surface area (Å²) < 4.78 is 35.9. The van der Waals surface area contributed by atoms with Crippen LogP contribution in [0.2, 0.25) is 0 Å². The number of carbonyl (C=O) groups excluding carboxylic acids is 1. The lowest BCUT2D eigenvalue weighted by Crippen LogP contribution is -2.24. The van der Waals surface area contributed by atoms with Gasteiger partial charge in [0.2, 0.25) is 27.7 Å². The fraction of sp³-hybridized carbons (Fsp3) is 0.231. The van der Waals surface area contributed by atoms with E-state index < -0.39 is 21.5 Å². The lowest BCUT2D eigenvalue weighted by atomic mass is 10.3.